The van der Waals surface area contributed by atoms with Gasteiger partial charge in [-0.2, -0.15) is 0 Å². The van der Waals surface area contributed by atoms with Gasteiger partial charge in [-0.1, -0.05) is 55.0 Å². The Bertz CT molecular complexity index is 1470. The number of ether oxygens (including phenoxy) is 1. The first kappa shape index (κ1) is 33.1. The lowest BCUT2D eigenvalue weighted by Gasteiger charge is -2.34. The van der Waals surface area contributed by atoms with Gasteiger partial charge in [0.25, 0.3) is 10.0 Å². The SMILES string of the molecule is CCC(C(=O)NC(C)(C)C)N(CCc1ccccc1)C(=O)CN(c1ccc(C)cc1)S(=O)(=O)c1ccc(OC)c(Br)c1. The zero-order chi connectivity index (χ0) is 31.1. The summed E-state index contributed by atoms with van der Waals surface area (Å²) in [7, 11) is -2.70. The van der Waals surface area contributed by atoms with Crippen molar-refractivity contribution in [2.45, 2.75) is 63.9 Å². The van der Waals surface area contributed by atoms with E-state index in [0.29, 0.717) is 28.8 Å². The van der Waals surface area contributed by atoms with Gasteiger partial charge in [0.15, 0.2) is 0 Å². The third kappa shape index (κ3) is 8.58. The highest BCUT2D eigenvalue weighted by Crippen LogP contribution is 2.31. The molecule has 3 aromatic carbocycles. The van der Waals surface area contributed by atoms with Crippen molar-refractivity contribution in [3.8, 4) is 5.75 Å². The number of rotatable bonds is 12. The van der Waals surface area contributed by atoms with E-state index in [1.807, 2.05) is 65.0 Å². The molecule has 1 unspecified atom stereocenters. The molecule has 0 aliphatic carbocycles. The second-order valence-corrected chi connectivity index (χ2v) is 13.8. The van der Waals surface area contributed by atoms with Gasteiger partial charge in [-0.25, -0.2) is 8.42 Å². The summed E-state index contributed by atoms with van der Waals surface area (Å²) in [6, 6.07) is 20.3. The molecule has 8 nitrogen and oxygen atoms in total. The largest absolute Gasteiger partial charge is 0.496 e. The van der Waals surface area contributed by atoms with E-state index in [0.717, 1.165) is 15.4 Å². The molecule has 0 aliphatic rings. The number of aryl methyl sites for hydroxylation is 1. The number of benzene rings is 3. The average molecular weight is 659 g/mol. The lowest BCUT2D eigenvalue weighted by molar-refractivity contribution is -0.140. The first-order chi connectivity index (χ1) is 19.8. The van der Waals surface area contributed by atoms with Crippen molar-refractivity contribution in [3.05, 3.63) is 88.4 Å². The van der Waals surface area contributed by atoms with Crippen LogP contribution in [0.15, 0.2) is 82.2 Å². The molecule has 0 aromatic heterocycles. The van der Waals surface area contributed by atoms with Crippen LogP contribution in [0.4, 0.5) is 5.69 Å². The third-order valence-corrected chi connectivity index (χ3v) is 9.07. The van der Waals surface area contributed by atoms with Crippen LogP contribution in [-0.2, 0) is 26.0 Å². The molecule has 0 bridgehead atoms. The fourth-order valence-corrected chi connectivity index (χ4v) is 6.66. The maximum absolute atomic E-state index is 14.1. The number of amides is 2. The van der Waals surface area contributed by atoms with E-state index in [9.17, 15) is 18.0 Å². The molecule has 0 fully saturated rings. The minimum Gasteiger partial charge on any atom is -0.496 e. The van der Waals surface area contributed by atoms with Gasteiger partial charge >= 0.3 is 0 Å². The molecule has 0 radical (unpaired) electrons. The molecule has 42 heavy (non-hydrogen) atoms. The minimum absolute atomic E-state index is 0.00287. The summed E-state index contributed by atoms with van der Waals surface area (Å²) in [6.07, 6.45) is 0.875. The van der Waals surface area contributed by atoms with Crippen LogP contribution in [0.25, 0.3) is 0 Å². The van der Waals surface area contributed by atoms with Gasteiger partial charge in [0.05, 0.1) is 22.2 Å². The predicted molar refractivity (Wildman–Crippen MR) is 170 cm³/mol. The summed E-state index contributed by atoms with van der Waals surface area (Å²) in [5, 5.41) is 2.99. The molecule has 226 valence electrons. The van der Waals surface area contributed by atoms with Crippen LogP contribution in [0, 0.1) is 6.92 Å². The summed E-state index contributed by atoms with van der Waals surface area (Å²) in [6.45, 7) is 9.15. The smallest absolute Gasteiger partial charge is 0.264 e. The molecule has 0 heterocycles. The Morgan fingerprint density at radius 2 is 1.64 bits per heavy atom. The lowest BCUT2D eigenvalue weighted by Crippen LogP contribution is -2.56. The molecule has 1 atom stereocenters. The van der Waals surface area contributed by atoms with Crippen molar-refractivity contribution < 1.29 is 22.7 Å². The topological polar surface area (TPSA) is 96.0 Å². The fraction of sp³-hybridized carbons (Fsp3) is 0.375. The predicted octanol–water partition coefficient (Wildman–Crippen LogP) is 5.73. The molecule has 0 aliphatic heterocycles. The molecule has 0 saturated heterocycles. The van der Waals surface area contributed by atoms with Gasteiger partial charge in [0.2, 0.25) is 11.8 Å². The van der Waals surface area contributed by atoms with Crippen LogP contribution < -0.4 is 14.4 Å². The van der Waals surface area contributed by atoms with E-state index in [4.69, 9.17) is 4.74 Å². The van der Waals surface area contributed by atoms with Crippen LogP contribution in [0.2, 0.25) is 0 Å². The Morgan fingerprint density at radius 3 is 2.19 bits per heavy atom. The highest BCUT2D eigenvalue weighted by molar-refractivity contribution is 9.10. The van der Waals surface area contributed by atoms with Gasteiger partial charge in [0.1, 0.15) is 18.3 Å². The highest BCUT2D eigenvalue weighted by atomic mass is 79.9. The number of nitrogens with one attached hydrogen (secondary N) is 1. The Morgan fingerprint density at radius 1 is 1.00 bits per heavy atom. The van der Waals surface area contributed by atoms with E-state index in [2.05, 4.69) is 21.2 Å². The van der Waals surface area contributed by atoms with Crippen molar-refractivity contribution in [3.63, 3.8) is 0 Å². The van der Waals surface area contributed by atoms with Gasteiger partial charge < -0.3 is 15.0 Å². The van der Waals surface area contributed by atoms with E-state index in [-0.39, 0.29) is 17.3 Å². The van der Waals surface area contributed by atoms with Gasteiger partial charge in [-0.3, -0.25) is 13.9 Å². The first-order valence-corrected chi connectivity index (χ1v) is 16.1. The van der Waals surface area contributed by atoms with Crippen molar-refractivity contribution in [1.82, 2.24) is 10.2 Å². The fourth-order valence-electron chi connectivity index (χ4n) is 4.52. The number of methoxy groups -OCH3 is 1. The highest BCUT2D eigenvalue weighted by Gasteiger charge is 2.34. The molecular weight excluding hydrogens is 618 g/mol. The third-order valence-electron chi connectivity index (χ3n) is 6.68. The Balaban J connectivity index is 2.04. The number of carbonyl (C=O) groups is 2. The second kappa shape index (κ2) is 14.2. The standard InChI is InChI=1S/C32H40BrN3O5S/c1-7-28(31(38)34-32(3,4)5)35(20-19-24-11-9-8-10-12-24)30(37)22-36(25-15-13-23(2)14-16-25)42(39,40)26-17-18-29(41-6)27(33)21-26/h8-18,21,28H,7,19-20,22H2,1-6H3,(H,34,38). The lowest BCUT2D eigenvalue weighted by atomic mass is 10.1. The normalized spacial score (nSPS) is 12.4. The zero-order valence-electron chi connectivity index (χ0n) is 25.1. The Labute approximate surface area is 258 Å². The van der Waals surface area contributed by atoms with Crippen LogP contribution >= 0.6 is 15.9 Å². The average Bonchev–Trinajstić information content (AvgIpc) is 2.93. The molecule has 1 N–H and O–H groups in total. The summed E-state index contributed by atoms with van der Waals surface area (Å²) < 4.78 is 35.0. The number of nitrogens with zero attached hydrogens (tertiary/aromatic N) is 2. The van der Waals surface area contributed by atoms with Crippen LogP contribution in [-0.4, -0.2) is 56.9 Å². The van der Waals surface area contributed by atoms with E-state index >= 15 is 0 Å². The molecular formula is C32H40BrN3O5S. The summed E-state index contributed by atoms with van der Waals surface area (Å²) in [4.78, 5) is 29.0. The number of carbonyl (C=O) groups excluding carboxylic acids is 2. The molecule has 0 spiro atoms. The number of halogens is 1. The van der Waals surface area contributed by atoms with E-state index in [1.165, 1.54) is 24.1 Å². The van der Waals surface area contributed by atoms with Crippen molar-refractivity contribution in [1.29, 1.82) is 0 Å². The molecule has 10 heteroatoms. The van der Waals surface area contributed by atoms with Crippen LogP contribution in [0.3, 0.4) is 0 Å². The maximum atomic E-state index is 14.1. The molecule has 2 amide bonds. The van der Waals surface area contributed by atoms with Crippen molar-refractivity contribution >= 4 is 43.5 Å². The summed E-state index contributed by atoms with van der Waals surface area (Å²) in [5.41, 5.74) is 1.80. The Kier molecular flexibility index (Phi) is 11.2. The number of hydrogen-bond acceptors (Lipinski definition) is 5. The Hall–Kier alpha value is -3.37. The van der Waals surface area contributed by atoms with Gasteiger partial charge in [-0.05, 0) is 92.4 Å². The van der Waals surface area contributed by atoms with Gasteiger partial charge in [-0.15, -0.1) is 0 Å². The van der Waals surface area contributed by atoms with E-state index in [1.54, 1.807) is 30.3 Å². The number of anilines is 1. The van der Waals surface area contributed by atoms with Crippen molar-refractivity contribution in [2.75, 3.05) is 24.5 Å². The van der Waals surface area contributed by atoms with Crippen LogP contribution in [0.5, 0.6) is 5.75 Å². The number of hydrogen-bond donors (Lipinski definition) is 1. The quantitative estimate of drug-likeness (QED) is 0.269. The van der Waals surface area contributed by atoms with Crippen molar-refractivity contribution in [2.24, 2.45) is 0 Å². The second-order valence-electron chi connectivity index (χ2n) is 11.1. The zero-order valence-corrected chi connectivity index (χ0v) is 27.5. The molecule has 3 aromatic rings. The minimum atomic E-state index is -4.19. The summed E-state index contributed by atoms with van der Waals surface area (Å²) >= 11 is 3.37. The molecule has 3 rings (SSSR count). The van der Waals surface area contributed by atoms with E-state index < -0.39 is 34.1 Å². The maximum Gasteiger partial charge on any atom is 0.264 e. The molecule has 0 saturated carbocycles. The van der Waals surface area contributed by atoms with Gasteiger partial charge in [0, 0.05) is 12.1 Å². The van der Waals surface area contributed by atoms with Crippen LogP contribution in [0.1, 0.15) is 45.2 Å². The summed E-state index contributed by atoms with van der Waals surface area (Å²) in [5.74, 6) is -0.275. The monoisotopic (exact) mass is 657 g/mol. The number of sulfonamides is 1. The first-order valence-electron chi connectivity index (χ1n) is 13.8.